The second-order valence-corrected chi connectivity index (χ2v) is 5.11. The van der Waals surface area contributed by atoms with Crippen molar-refractivity contribution in [2.75, 3.05) is 19.8 Å². The number of esters is 2. The molecule has 0 amide bonds. The summed E-state index contributed by atoms with van der Waals surface area (Å²) in [5, 5.41) is 8.69. The molecule has 4 atom stereocenters. The van der Waals surface area contributed by atoms with E-state index >= 15 is 0 Å². The molecule has 4 unspecified atom stereocenters. The number of hydrogen-bond donors (Lipinski definition) is 1. The quantitative estimate of drug-likeness (QED) is 0.171. The first-order valence-corrected chi connectivity index (χ1v) is 7.12. The van der Waals surface area contributed by atoms with Gasteiger partial charge >= 0.3 is 11.9 Å². The van der Waals surface area contributed by atoms with Crippen LogP contribution < -0.4 is 0 Å². The predicted octanol–water partition coefficient (Wildman–Crippen LogP) is 1.51. The molecule has 0 spiro atoms. The highest BCUT2D eigenvalue weighted by molar-refractivity contribution is 5.86. The third-order valence-electron chi connectivity index (χ3n) is 3.46. The summed E-state index contributed by atoms with van der Waals surface area (Å²) in [5.41, 5.74) is 0.265. The number of carbonyl (C=O) groups is 2. The molecule has 0 saturated carbocycles. The number of ether oxygens (including phenoxy) is 3. The Labute approximate surface area is 135 Å². The summed E-state index contributed by atoms with van der Waals surface area (Å²) in [5.74, 6) is -2.24. The molecule has 7 heteroatoms. The van der Waals surface area contributed by atoms with Crippen LogP contribution >= 0.6 is 0 Å². The molecule has 128 valence electrons. The molecule has 7 nitrogen and oxygen atoms in total. The minimum Gasteiger partial charge on any atom is -0.462 e. The Morgan fingerprint density at radius 2 is 1.78 bits per heavy atom. The average Bonchev–Trinajstić information content (AvgIpc) is 2.89. The molecule has 0 radical (unpaired) electrons. The maximum Gasteiger partial charge on any atom is 0.333 e. The smallest absolute Gasteiger partial charge is 0.333 e. The molecule has 1 fully saturated rings. The summed E-state index contributed by atoms with van der Waals surface area (Å²) in [6, 6.07) is 0. The molecular weight excluding hydrogens is 304 g/mol. The van der Waals surface area contributed by atoms with Crippen LogP contribution in [0.15, 0.2) is 37.5 Å². The molecule has 1 N–H and O–H groups in total. The average molecular weight is 326 g/mol. The summed E-state index contributed by atoms with van der Waals surface area (Å²) in [7, 11) is 0. The summed E-state index contributed by atoms with van der Waals surface area (Å²) < 4.78 is 15.6. The molecule has 1 aliphatic rings. The van der Waals surface area contributed by atoms with Crippen molar-refractivity contribution >= 4 is 11.9 Å². The third kappa shape index (κ3) is 5.02. The molecular formula is C16H22O7. The molecule has 1 rings (SSSR count). The predicted molar refractivity (Wildman–Crippen MR) is 81.3 cm³/mol. The molecule has 0 aromatic carbocycles. The third-order valence-corrected chi connectivity index (χ3v) is 3.46. The Balaban J connectivity index is 2.60. The first kappa shape index (κ1) is 19.1. The second kappa shape index (κ2) is 9.24. The van der Waals surface area contributed by atoms with Crippen molar-refractivity contribution < 1.29 is 33.9 Å². The Morgan fingerprint density at radius 1 is 1.17 bits per heavy atom. The Bertz CT molecular complexity index is 471. The van der Waals surface area contributed by atoms with Crippen molar-refractivity contribution in [2.45, 2.75) is 19.1 Å². The van der Waals surface area contributed by atoms with Crippen LogP contribution in [0.1, 0.15) is 6.92 Å². The molecule has 0 aliphatic carbocycles. The van der Waals surface area contributed by atoms with Crippen LogP contribution in [0.3, 0.4) is 0 Å². The standard InChI is InChI=1S/C16H22O7/c1-5-12-11(9-22-19)14(13(6-2)23-12)16(18)21-8-7-20-15(17)10(3)4/h5-6,11-14,19H,1-3,7-9H2,4H3. The van der Waals surface area contributed by atoms with Crippen molar-refractivity contribution in [2.24, 2.45) is 11.8 Å². The SMILES string of the molecule is C=CC1OC(C=C)C(C(=O)OCCOC(=O)C(=C)C)C1COO. The van der Waals surface area contributed by atoms with E-state index in [0.717, 1.165) is 0 Å². The van der Waals surface area contributed by atoms with Gasteiger partial charge in [0, 0.05) is 11.5 Å². The molecule has 0 aromatic heterocycles. The van der Waals surface area contributed by atoms with Gasteiger partial charge in [-0.25, -0.2) is 9.68 Å². The van der Waals surface area contributed by atoms with Gasteiger partial charge in [-0.2, -0.15) is 0 Å². The molecule has 1 heterocycles. The van der Waals surface area contributed by atoms with Gasteiger partial charge in [0.15, 0.2) is 0 Å². The first-order chi connectivity index (χ1) is 11.0. The second-order valence-electron chi connectivity index (χ2n) is 5.11. The maximum atomic E-state index is 12.3. The van der Waals surface area contributed by atoms with E-state index in [-0.39, 0.29) is 25.4 Å². The monoisotopic (exact) mass is 326 g/mol. The minimum absolute atomic E-state index is 0.0736. The zero-order valence-electron chi connectivity index (χ0n) is 13.1. The molecule has 0 bridgehead atoms. The zero-order valence-corrected chi connectivity index (χ0v) is 13.1. The van der Waals surface area contributed by atoms with Crippen molar-refractivity contribution in [3.8, 4) is 0 Å². The van der Waals surface area contributed by atoms with Gasteiger partial charge in [0.1, 0.15) is 13.2 Å². The van der Waals surface area contributed by atoms with Gasteiger partial charge in [-0.3, -0.25) is 10.1 Å². The van der Waals surface area contributed by atoms with Crippen molar-refractivity contribution in [3.63, 3.8) is 0 Å². The lowest BCUT2D eigenvalue weighted by Gasteiger charge is -2.19. The molecule has 0 aromatic rings. The van der Waals surface area contributed by atoms with E-state index in [9.17, 15) is 9.59 Å². The van der Waals surface area contributed by atoms with Crippen LogP contribution in [0.5, 0.6) is 0 Å². The first-order valence-electron chi connectivity index (χ1n) is 7.12. The van der Waals surface area contributed by atoms with Crippen LogP contribution in [0.4, 0.5) is 0 Å². The van der Waals surface area contributed by atoms with Gasteiger partial charge in [-0.1, -0.05) is 18.7 Å². The van der Waals surface area contributed by atoms with E-state index in [4.69, 9.17) is 19.5 Å². The molecule has 1 aliphatic heterocycles. The topological polar surface area (TPSA) is 91.3 Å². The maximum absolute atomic E-state index is 12.3. The molecule has 23 heavy (non-hydrogen) atoms. The van der Waals surface area contributed by atoms with E-state index in [1.807, 2.05) is 0 Å². The van der Waals surface area contributed by atoms with Crippen LogP contribution in [-0.2, 0) is 28.7 Å². The van der Waals surface area contributed by atoms with Gasteiger partial charge in [0.2, 0.25) is 0 Å². The van der Waals surface area contributed by atoms with Gasteiger partial charge in [0.25, 0.3) is 0 Å². The van der Waals surface area contributed by atoms with Crippen molar-refractivity contribution in [1.29, 1.82) is 0 Å². The normalized spacial score (nSPS) is 26.3. The zero-order chi connectivity index (χ0) is 17.4. The van der Waals surface area contributed by atoms with Gasteiger partial charge in [0.05, 0.1) is 24.7 Å². The largest absolute Gasteiger partial charge is 0.462 e. The van der Waals surface area contributed by atoms with Crippen LogP contribution in [-0.4, -0.2) is 49.2 Å². The summed E-state index contributed by atoms with van der Waals surface area (Å²) in [6.07, 6.45) is 1.97. The number of hydrogen-bond acceptors (Lipinski definition) is 7. The Kier molecular flexibility index (Phi) is 7.67. The van der Waals surface area contributed by atoms with Gasteiger partial charge in [-0.05, 0) is 6.92 Å². The van der Waals surface area contributed by atoms with E-state index < -0.39 is 36.0 Å². The summed E-state index contributed by atoms with van der Waals surface area (Å²) >= 11 is 0. The summed E-state index contributed by atoms with van der Waals surface area (Å²) in [6.45, 7) is 12.0. The number of carbonyl (C=O) groups excluding carboxylic acids is 2. The fourth-order valence-electron chi connectivity index (χ4n) is 2.34. The lowest BCUT2D eigenvalue weighted by Crippen LogP contribution is -2.33. The Hall–Kier alpha value is -1.96. The fourth-order valence-corrected chi connectivity index (χ4v) is 2.34. The number of rotatable bonds is 9. The molecule has 1 saturated heterocycles. The van der Waals surface area contributed by atoms with Crippen LogP contribution in [0, 0.1) is 11.8 Å². The van der Waals surface area contributed by atoms with Gasteiger partial charge in [-0.15, -0.1) is 13.2 Å². The minimum atomic E-state index is -0.695. The highest BCUT2D eigenvalue weighted by Gasteiger charge is 2.47. The van der Waals surface area contributed by atoms with E-state index in [0.29, 0.717) is 0 Å². The highest BCUT2D eigenvalue weighted by atomic mass is 17.1. The van der Waals surface area contributed by atoms with E-state index in [1.54, 1.807) is 0 Å². The van der Waals surface area contributed by atoms with Crippen LogP contribution in [0.25, 0.3) is 0 Å². The van der Waals surface area contributed by atoms with E-state index in [2.05, 4.69) is 24.6 Å². The Morgan fingerprint density at radius 3 is 2.30 bits per heavy atom. The van der Waals surface area contributed by atoms with Crippen LogP contribution in [0.2, 0.25) is 0 Å². The van der Waals surface area contributed by atoms with Crippen molar-refractivity contribution in [1.82, 2.24) is 0 Å². The van der Waals surface area contributed by atoms with E-state index in [1.165, 1.54) is 19.1 Å². The van der Waals surface area contributed by atoms with Crippen molar-refractivity contribution in [3.05, 3.63) is 37.5 Å². The fraction of sp³-hybridized carbons (Fsp3) is 0.500. The van der Waals surface area contributed by atoms with Gasteiger partial charge < -0.3 is 14.2 Å². The highest BCUT2D eigenvalue weighted by Crippen LogP contribution is 2.35. The lowest BCUT2D eigenvalue weighted by molar-refractivity contribution is -0.254. The lowest BCUT2D eigenvalue weighted by atomic mass is 9.87. The summed E-state index contributed by atoms with van der Waals surface area (Å²) in [4.78, 5) is 27.6.